The smallest absolute Gasteiger partial charge is 0.271 e. The lowest BCUT2D eigenvalue weighted by Gasteiger charge is -2.24. The van der Waals surface area contributed by atoms with Crippen LogP contribution in [0.4, 0.5) is 0 Å². The number of carbonyl (C=O) groups excluding carboxylic acids is 1. The predicted octanol–water partition coefficient (Wildman–Crippen LogP) is 2.88. The summed E-state index contributed by atoms with van der Waals surface area (Å²) < 4.78 is 39.5. The molecule has 0 saturated heterocycles. The van der Waals surface area contributed by atoms with Crippen LogP contribution in [0.1, 0.15) is 42.7 Å². The highest BCUT2D eigenvalue weighted by Gasteiger charge is 2.35. The zero-order valence-electron chi connectivity index (χ0n) is 18.8. The first-order chi connectivity index (χ1) is 14.8. The highest BCUT2D eigenvalue weighted by atomic mass is 32.2. The van der Waals surface area contributed by atoms with Crippen molar-refractivity contribution in [2.45, 2.75) is 44.2 Å². The Hall–Kier alpha value is -2.52. The van der Waals surface area contributed by atoms with Gasteiger partial charge in [0.05, 0.1) is 14.2 Å². The van der Waals surface area contributed by atoms with Crippen LogP contribution in [0.2, 0.25) is 0 Å². The molecule has 3 rings (SSSR count). The number of nitrogens with zero attached hydrogens (tertiary/aromatic N) is 3. The van der Waals surface area contributed by atoms with Crippen molar-refractivity contribution in [2.24, 2.45) is 7.05 Å². The lowest BCUT2D eigenvalue weighted by molar-refractivity contribution is 0.0719. The van der Waals surface area contributed by atoms with Crippen LogP contribution in [0, 0.1) is 0 Å². The second kappa shape index (κ2) is 9.32. The Kier molecular flexibility index (Phi) is 6.96. The molecule has 2 aromatic rings. The Labute approximate surface area is 184 Å². The summed E-state index contributed by atoms with van der Waals surface area (Å²) in [6, 6.07) is 7.14. The molecule has 31 heavy (non-hydrogen) atoms. The Bertz CT molecular complexity index is 1040. The molecule has 1 aliphatic rings. The number of methoxy groups -OCH3 is 2. The topological polar surface area (TPSA) is 81.1 Å². The molecule has 9 heteroatoms. The van der Waals surface area contributed by atoms with Crippen LogP contribution < -0.4 is 9.47 Å². The minimum Gasteiger partial charge on any atom is -0.497 e. The summed E-state index contributed by atoms with van der Waals surface area (Å²) in [5.74, 6) is 1.14. The molecule has 0 radical (unpaired) electrons. The number of sulfonamides is 1. The van der Waals surface area contributed by atoms with E-state index in [1.165, 1.54) is 16.6 Å². The molecule has 1 aromatic carbocycles. The summed E-state index contributed by atoms with van der Waals surface area (Å²) in [5, 5.41) is 0. The number of hydrogen-bond acceptors (Lipinski definition) is 5. The molecule has 1 aromatic heterocycles. The fourth-order valence-electron chi connectivity index (χ4n) is 3.67. The molecule has 0 N–H and O–H groups in total. The van der Waals surface area contributed by atoms with Crippen molar-refractivity contribution in [1.82, 2.24) is 13.8 Å². The van der Waals surface area contributed by atoms with Gasteiger partial charge in [0.2, 0.25) is 10.0 Å². The van der Waals surface area contributed by atoms with Crippen LogP contribution in [-0.2, 0) is 23.6 Å². The second-order valence-corrected chi connectivity index (χ2v) is 9.54. The van der Waals surface area contributed by atoms with Gasteiger partial charge in [-0.3, -0.25) is 4.79 Å². The highest BCUT2D eigenvalue weighted by Crippen LogP contribution is 2.33. The molecule has 0 aliphatic heterocycles. The van der Waals surface area contributed by atoms with Crippen molar-refractivity contribution in [3.05, 3.63) is 41.7 Å². The normalized spacial score (nSPS) is 14.0. The summed E-state index contributed by atoms with van der Waals surface area (Å²) in [6.07, 6.45) is 3.37. The zero-order chi connectivity index (χ0) is 22.8. The Morgan fingerprint density at radius 3 is 2.35 bits per heavy atom. The summed E-state index contributed by atoms with van der Waals surface area (Å²) in [7, 11) is 1.24. The Balaban J connectivity index is 1.91. The molecule has 8 nitrogen and oxygen atoms in total. The third-order valence-corrected chi connectivity index (χ3v) is 7.64. The van der Waals surface area contributed by atoms with Gasteiger partial charge in [-0.15, -0.1) is 0 Å². The van der Waals surface area contributed by atoms with Crippen molar-refractivity contribution < 1.29 is 22.7 Å². The Morgan fingerprint density at radius 2 is 1.81 bits per heavy atom. The minimum absolute atomic E-state index is 0.136. The number of ether oxygens (including phenoxy) is 2. The van der Waals surface area contributed by atoms with Crippen molar-refractivity contribution in [3.8, 4) is 11.5 Å². The SMILES string of the molecule is CCN(CC)S(=O)(=O)c1cc(C(=O)N(Cc2ccc(OC)cc2OC)C2CC2)n(C)c1. The lowest BCUT2D eigenvalue weighted by atomic mass is 10.1. The van der Waals surface area contributed by atoms with Gasteiger partial charge in [0.25, 0.3) is 5.91 Å². The maximum absolute atomic E-state index is 13.5. The van der Waals surface area contributed by atoms with Crippen molar-refractivity contribution in [1.29, 1.82) is 0 Å². The molecule has 1 amide bonds. The first-order valence-electron chi connectivity index (χ1n) is 10.4. The molecular weight excluding hydrogens is 418 g/mol. The first kappa shape index (κ1) is 23.1. The third kappa shape index (κ3) is 4.72. The maximum atomic E-state index is 13.5. The molecule has 1 aliphatic carbocycles. The summed E-state index contributed by atoms with van der Waals surface area (Å²) in [5.41, 5.74) is 1.22. The van der Waals surface area contributed by atoms with Gasteiger partial charge >= 0.3 is 0 Å². The number of hydrogen-bond donors (Lipinski definition) is 0. The van der Waals surface area contributed by atoms with E-state index in [0.29, 0.717) is 36.8 Å². The first-order valence-corrected chi connectivity index (χ1v) is 11.9. The average molecular weight is 450 g/mol. The molecule has 0 spiro atoms. The predicted molar refractivity (Wildman–Crippen MR) is 118 cm³/mol. The van der Waals surface area contributed by atoms with E-state index in [1.807, 2.05) is 12.1 Å². The number of rotatable bonds is 10. The van der Waals surface area contributed by atoms with Gasteiger partial charge in [-0.1, -0.05) is 13.8 Å². The van der Waals surface area contributed by atoms with Crippen molar-refractivity contribution in [2.75, 3.05) is 27.3 Å². The monoisotopic (exact) mass is 449 g/mol. The van der Waals surface area contributed by atoms with E-state index in [2.05, 4.69) is 0 Å². The summed E-state index contributed by atoms with van der Waals surface area (Å²) >= 11 is 0. The van der Waals surface area contributed by atoms with Crippen LogP contribution in [0.3, 0.4) is 0 Å². The molecule has 0 bridgehead atoms. The van der Waals surface area contributed by atoms with E-state index in [0.717, 1.165) is 18.4 Å². The fraction of sp³-hybridized carbons (Fsp3) is 0.500. The van der Waals surface area contributed by atoms with Crippen LogP contribution in [0.15, 0.2) is 35.4 Å². The van der Waals surface area contributed by atoms with E-state index < -0.39 is 10.0 Å². The third-order valence-electron chi connectivity index (χ3n) is 5.63. The molecule has 1 heterocycles. The van der Waals surface area contributed by atoms with Crippen LogP contribution in [-0.4, -0.2) is 61.4 Å². The average Bonchev–Trinajstić information content (AvgIpc) is 3.52. The van der Waals surface area contributed by atoms with Crippen molar-refractivity contribution >= 4 is 15.9 Å². The van der Waals surface area contributed by atoms with Crippen LogP contribution in [0.25, 0.3) is 0 Å². The second-order valence-electron chi connectivity index (χ2n) is 7.60. The minimum atomic E-state index is -3.64. The van der Waals surface area contributed by atoms with E-state index >= 15 is 0 Å². The number of benzene rings is 1. The molecule has 170 valence electrons. The van der Waals surface area contributed by atoms with Gasteiger partial charge < -0.3 is 18.9 Å². The van der Waals surface area contributed by atoms with E-state index in [4.69, 9.17) is 9.47 Å². The fourth-order valence-corrected chi connectivity index (χ4v) is 5.20. The standard InChI is InChI=1S/C22H31N3O5S/c1-6-24(7-2)31(27,28)19-13-20(23(3)15-19)22(26)25(17-9-10-17)14-16-8-11-18(29-4)12-21(16)30-5/h8,11-13,15,17H,6-7,9-10,14H2,1-5H3. The summed E-state index contributed by atoms with van der Waals surface area (Å²) in [6.45, 7) is 4.73. The molecule has 1 fully saturated rings. The van der Waals surface area contributed by atoms with E-state index in [9.17, 15) is 13.2 Å². The number of amides is 1. The van der Waals surface area contributed by atoms with Crippen LogP contribution in [0.5, 0.6) is 11.5 Å². The summed E-state index contributed by atoms with van der Waals surface area (Å²) in [4.78, 5) is 15.4. The number of carbonyl (C=O) groups is 1. The van der Waals surface area contributed by atoms with Gasteiger partial charge in [-0.2, -0.15) is 4.31 Å². The van der Waals surface area contributed by atoms with E-state index in [-0.39, 0.29) is 16.8 Å². The number of aromatic nitrogens is 1. The largest absolute Gasteiger partial charge is 0.497 e. The van der Waals surface area contributed by atoms with Gasteiger partial charge in [0.15, 0.2) is 0 Å². The lowest BCUT2D eigenvalue weighted by Crippen LogP contribution is -2.34. The van der Waals surface area contributed by atoms with Gasteiger partial charge in [-0.05, 0) is 31.0 Å². The van der Waals surface area contributed by atoms with Gasteiger partial charge in [-0.25, -0.2) is 8.42 Å². The van der Waals surface area contributed by atoms with Crippen molar-refractivity contribution in [3.63, 3.8) is 0 Å². The molecule has 0 unspecified atom stereocenters. The van der Waals surface area contributed by atoms with Crippen LogP contribution >= 0.6 is 0 Å². The highest BCUT2D eigenvalue weighted by molar-refractivity contribution is 7.89. The number of aryl methyl sites for hydroxylation is 1. The molecule has 1 saturated carbocycles. The molecule has 0 atom stereocenters. The van der Waals surface area contributed by atoms with Gasteiger partial charge in [0.1, 0.15) is 22.1 Å². The van der Waals surface area contributed by atoms with Gasteiger partial charge in [0, 0.05) is 50.6 Å². The molecular formula is C22H31N3O5S. The Morgan fingerprint density at radius 1 is 1.13 bits per heavy atom. The maximum Gasteiger partial charge on any atom is 0.271 e. The quantitative estimate of drug-likeness (QED) is 0.557. The van der Waals surface area contributed by atoms with E-state index in [1.54, 1.807) is 50.6 Å². The zero-order valence-corrected chi connectivity index (χ0v) is 19.6.